The van der Waals surface area contributed by atoms with Crippen LogP contribution in [0.5, 0.6) is 0 Å². The Morgan fingerprint density at radius 1 is 1.33 bits per heavy atom. The molecule has 1 rings (SSSR count). The zero-order chi connectivity index (χ0) is 11.3. The van der Waals surface area contributed by atoms with E-state index in [-0.39, 0.29) is 6.04 Å². The van der Waals surface area contributed by atoms with Gasteiger partial charge in [-0.2, -0.15) is 4.98 Å². The lowest BCUT2D eigenvalue weighted by molar-refractivity contribution is 0.346. The molecule has 1 aromatic rings. The molecule has 0 aliphatic rings. The summed E-state index contributed by atoms with van der Waals surface area (Å²) >= 11 is 0. The number of hydrogen-bond acceptors (Lipinski definition) is 4. The van der Waals surface area contributed by atoms with E-state index in [1.165, 1.54) is 0 Å². The van der Waals surface area contributed by atoms with Gasteiger partial charge in [-0.15, -0.1) is 0 Å². The van der Waals surface area contributed by atoms with Crippen molar-refractivity contribution in [2.45, 2.75) is 58.4 Å². The quantitative estimate of drug-likeness (QED) is 0.783. The highest BCUT2D eigenvalue weighted by molar-refractivity contribution is 4.91. The molecule has 0 amide bonds. The van der Waals surface area contributed by atoms with E-state index in [4.69, 9.17) is 10.3 Å². The van der Waals surface area contributed by atoms with Crippen LogP contribution < -0.4 is 5.73 Å². The van der Waals surface area contributed by atoms with E-state index in [1.807, 2.05) is 13.8 Å². The van der Waals surface area contributed by atoms with E-state index >= 15 is 0 Å². The van der Waals surface area contributed by atoms with Gasteiger partial charge in [-0.3, -0.25) is 0 Å². The van der Waals surface area contributed by atoms with Crippen LogP contribution in [0.4, 0.5) is 0 Å². The Bertz CT molecular complexity index is 283. The Balaban J connectivity index is 2.36. The van der Waals surface area contributed by atoms with Gasteiger partial charge in [-0.25, -0.2) is 0 Å². The predicted molar refractivity (Wildman–Crippen MR) is 59.6 cm³/mol. The van der Waals surface area contributed by atoms with Crippen LogP contribution in [0, 0.1) is 0 Å². The van der Waals surface area contributed by atoms with Gasteiger partial charge >= 0.3 is 0 Å². The van der Waals surface area contributed by atoms with Crippen LogP contribution in [-0.2, 0) is 6.42 Å². The van der Waals surface area contributed by atoms with Gasteiger partial charge in [0.2, 0.25) is 5.89 Å². The fraction of sp³-hybridized carbons (Fsp3) is 0.818. The van der Waals surface area contributed by atoms with Gasteiger partial charge in [-0.05, 0) is 19.8 Å². The molecule has 2 unspecified atom stereocenters. The lowest BCUT2D eigenvalue weighted by Gasteiger charge is -2.07. The van der Waals surface area contributed by atoms with Crippen LogP contribution in [-0.4, -0.2) is 16.2 Å². The van der Waals surface area contributed by atoms with Crippen LogP contribution in [0.15, 0.2) is 4.52 Å². The molecule has 0 aromatic carbocycles. The summed E-state index contributed by atoms with van der Waals surface area (Å²) in [6.07, 6.45) is 4.06. The summed E-state index contributed by atoms with van der Waals surface area (Å²) in [6, 6.07) is 0.283. The number of rotatable bonds is 6. The maximum atomic E-state index is 5.69. The van der Waals surface area contributed by atoms with E-state index in [0.29, 0.717) is 5.92 Å². The topological polar surface area (TPSA) is 64.9 Å². The molecule has 4 nitrogen and oxygen atoms in total. The largest absolute Gasteiger partial charge is 0.339 e. The maximum Gasteiger partial charge on any atom is 0.229 e. The SMILES string of the molecule is CCc1noc(C(C)CCCC(C)N)n1. The molecule has 0 saturated heterocycles. The highest BCUT2D eigenvalue weighted by Crippen LogP contribution is 2.19. The van der Waals surface area contributed by atoms with Gasteiger partial charge in [0.15, 0.2) is 5.82 Å². The van der Waals surface area contributed by atoms with Gasteiger partial charge in [0, 0.05) is 18.4 Å². The summed E-state index contributed by atoms with van der Waals surface area (Å²) < 4.78 is 5.18. The molecule has 0 aliphatic heterocycles. The average Bonchev–Trinajstić information content (AvgIpc) is 2.65. The first kappa shape index (κ1) is 12.2. The highest BCUT2D eigenvalue weighted by atomic mass is 16.5. The van der Waals surface area contributed by atoms with Crippen LogP contribution in [0.25, 0.3) is 0 Å². The Morgan fingerprint density at radius 2 is 2.07 bits per heavy atom. The summed E-state index contributed by atoms with van der Waals surface area (Å²) in [4.78, 5) is 4.32. The van der Waals surface area contributed by atoms with Gasteiger partial charge < -0.3 is 10.3 Å². The maximum absolute atomic E-state index is 5.69. The molecule has 2 atom stereocenters. The number of hydrogen-bond donors (Lipinski definition) is 1. The molecule has 1 heterocycles. The molecular formula is C11H21N3O. The second kappa shape index (κ2) is 5.85. The van der Waals surface area contributed by atoms with E-state index < -0.39 is 0 Å². The van der Waals surface area contributed by atoms with Gasteiger partial charge in [-0.1, -0.05) is 25.4 Å². The minimum atomic E-state index is 0.283. The molecule has 0 spiro atoms. The van der Waals surface area contributed by atoms with E-state index in [2.05, 4.69) is 17.1 Å². The summed E-state index contributed by atoms with van der Waals surface area (Å²) in [5.41, 5.74) is 5.69. The van der Waals surface area contributed by atoms with Crippen molar-refractivity contribution in [1.29, 1.82) is 0 Å². The van der Waals surface area contributed by atoms with Gasteiger partial charge in [0.25, 0.3) is 0 Å². The van der Waals surface area contributed by atoms with Crippen molar-refractivity contribution >= 4 is 0 Å². The van der Waals surface area contributed by atoms with Crippen molar-refractivity contribution in [3.8, 4) is 0 Å². The fourth-order valence-corrected chi connectivity index (χ4v) is 1.48. The first-order valence-corrected chi connectivity index (χ1v) is 5.71. The van der Waals surface area contributed by atoms with Crippen molar-refractivity contribution in [1.82, 2.24) is 10.1 Å². The Hall–Kier alpha value is -0.900. The van der Waals surface area contributed by atoms with Crippen LogP contribution in [0.1, 0.15) is 57.7 Å². The molecule has 0 radical (unpaired) electrons. The zero-order valence-corrected chi connectivity index (χ0v) is 9.86. The normalized spacial score (nSPS) is 15.2. The summed E-state index contributed by atoms with van der Waals surface area (Å²) in [7, 11) is 0. The molecule has 2 N–H and O–H groups in total. The molecule has 0 saturated carbocycles. The van der Waals surface area contributed by atoms with Crippen molar-refractivity contribution in [3.05, 3.63) is 11.7 Å². The van der Waals surface area contributed by atoms with Crippen molar-refractivity contribution < 1.29 is 4.52 Å². The molecular weight excluding hydrogens is 190 g/mol. The van der Waals surface area contributed by atoms with Gasteiger partial charge in [0.05, 0.1) is 0 Å². The third kappa shape index (κ3) is 4.00. The Kier molecular flexibility index (Phi) is 4.75. The third-order valence-corrected chi connectivity index (χ3v) is 2.52. The second-order valence-electron chi connectivity index (χ2n) is 4.21. The predicted octanol–water partition coefficient (Wildman–Crippen LogP) is 2.25. The molecule has 0 bridgehead atoms. The number of nitrogens with two attached hydrogens (primary N) is 1. The van der Waals surface area contributed by atoms with Crippen LogP contribution >= 0.6 is 0 Å². The summed E-state index contributed by atoms with van der Waals surface area (Å²) in [6.45, 7) is 6.18. The monoisotopic (exact) mass is 211 g/mol. The standard InChI is InChI=1S/C11H21N3O/c1-4-10-13-11(15-14-10)8(2)6-5-7-9(3)12/h8-9H,4-7,12H2,1-3H3. The summed E-state index contributed by atoms with van der Waals surface area (Å²) in [5, 5.41) is 3.89. The van der Waals surface area contributed by atoms with Crippen molar-refractivity contribution in [3.63, 3.8) is 0 Å². The highest BCUT2D eigenvalue weighted by Gasteiger charge is 2.13. The third-order valence-electron chi connectivity index (χ3n) is 2.52. The molecule has 86 valence electrons. The van der Waals surface area contributed by atoms with Crippen LogP contribution in [0.2, 0.25) is 0 Å². The lowest BCUT2D eigenvalue weighted by Crippen LogP contribution is -2.14. The first-order chi connectivity index (χ1) is 7.13. The van der Waals surface area contributed by atoms with Crippen molar-refractivity contribution in [2.75, 3.05) is 0 Å². The molecule has 0 aliphatic carbocycles. The van der Waals surface area contributed by atoms with E-state index in [1.54, 1.807) is 0 Å². The fourth-order valence-electron chi connectivity index (χ4n) is 1.48. The number of nitrogens with zero attached hydrogens (tertiary/aromatic N) is 2. The van der Waals surface area contributed by atoms with Gasteiger partial charge in [0.1, 0.15) is 0 Å². The minimum Gasteiger partial charge on any atom is -0.339 e. The molecule has 1 aromatic heterocycles. The van der Waals surface area contributed by atoms with Crippen molar-refractivity contribution in [2.24, 2.45) is 5.73 Å². The minimum absolute atomic E-state index is 0.283. The van der Waals surface area contributed by atoms with E-state index in [0.717, 1.165) is 37.4 Å². The molecule has 15 heavy (non-hydrogen) atoms. The Morgan fingerprint density at radius 3 is 2.60 bits per heavy atom. The lowest BCUT2D eigenvalue weighted by atomic mass is 10.0. The average molecular weight is 211 g/mol. The number of aryl methyl sites for hydroxylation is 1. The van der Waals surface area contributed by atoms with E-state index in [9.17, 15) is 0 Å². The second-order valence-corrected chi connectivity index (χ2v) is 4.21. The van der Waals surface area contributed by atoms with Crippen LogP contribution in [0.3, 0.4) is 0 Å². The Labute approximate surface area is 91.2 Å². The molecule has 0 fully saturated rings. The zero-order valence-electron chi connectivity index (χ0n) is 9.86. The summed E-state index contributed by atoms with van der Waals surface area (Å²) in [5.74, 6) is 1.90. The number of aromatic nitrogens is 2. The molecule has 4 heteroatoms. The smallest absolute Gasteiger partial charge is 0.229 e. The first-order valence-electron chi connectivity index (χ1n) is 5.71.